The fraction of sp³-hybridized carbons (Fsp3) is 0.810. The molecular formula is C21H34. The Morgan fingerprint density at radius 2 is 2.00 bits per heavy atom. The minimum atomic E-state index is 0.559. The highest BCUT2D eigenvalue weighted by Gasteiger charge is 2.47. The molecule has 0 bridgehead atoms. The van der Waals surface area contributed by atoms with Crippen LogP contribution in [0.3, 0.4) is 0 Å². The summed E-state index contributed by atoms with van der Waals surface area (Å²) in [6.45, 7) is 9.95. The van der Waals surface area contributed by atoms with Gasteiger partial charge in [-0.1, -0.05) is 51.8 Å². The van der Waals surface area contributed by atoms with Gasteiger partial charge >= 0.3 is 0 Å². The zero-order valence-corrected chi connectivity index (χ0v) is 14.6. The average Bonchev–Trinajstić information content (AvgIpc) is 2.66. The Hall–Kier alpha value is -0.520. The predicted molar refractivity (Wildman–Crippen MR) is 92.2 cm³/mol. The highest BCUT2D eigenvalue weighted by atomic mass is 14.5. The van der Waals surface area contributed by atoms with Gasteiger partial charge in [0, 0.05) is 0 Å². The molecule has 3 aliphatic rings. The first-order valence-corrected chi connectivity index (χ1v) is 9.46. The maximum atomic E-state index is 2.59. The molecule has 4 unspecified atom stereocenters. The molecule has 3 rings (SSSR count). The maximum absolute atomic E-state index is 2.59. The molecule has 0 radical (unpaired) electrons. The van der Waals surface area contributed by atoms with Crippen LogP contribution >= 0.6 is 0 Å². The predicted octanol–water partition coefficient (Wildman–Crippen LogP) is 6.53. The van der Waals surface area contributed by atoms with Crippen molar-refractivity contribution in [1.29, 1.82) is 0 Å². The first kappa shape index (κ1) is 15.4. The monoisotopic (exact) mass is 286 g/mol. The molecule has 21 heavy (non-hydrogen) atoms. The van der Waals surface area contributed by atoms with Crippen molar-refractivity contribution >= 4 is 0 Å². The Morgan fingerprint density at radius 3 is 2.71 bits per heavy atom. The molecule has 0 nitrogen and oxygen atoms in total. The van der Waals surface area contributed by atoms with Crippen LogP contribution in [0.5, 0.6) is 0 Å². The van der Waals surface area contributed by atoms with Gasteiger partial charge in [0.2, 0.25) is 0 Å². The number of hydrogen-bond donors (Lipinski definition) is 0. The van der Waals surface area contributed by atoms with Crippen LogP contribution < -0.4 is 0 Å². The molecule has 3 aliphatic carbocycles. The summed E-state index contributed by atoms with van der Waals surface area (Å²) < 4.78 is 0. The summed E-state index contributed by atoms with van der Waals surface area (Å²) in [6.07, 6.45) is 16.2. The second-order valence-corrected chi connectivity index (χ2v) is 8.38. The van der Waals surface area contributed by atoms with E-state index in [0.717, 1.165) is 23.7 Å². The zero-order valence-electron chi connectivity index (χ0n) is 14.6. The molecule has 0 aromatic carbocycles. The molecule has 0 heterocycles. The van der Waals surface area contributed by atoms with E-state index < -0.39 is 0 Å². The van der Waals surface area contributed by atoms with Crippen molar-refractivity contribution in [3.05, 3.63) is 23.3 Å². The molecule has 0 aromatic heterocycles. The summed E-state index contributed by atoms with van der Waals surface area (Å²) in [5, 5.41) is 0. The van der Waals surface area contributed by atoms with Crippen molar-refractivity contribution in [2.75, 3.05) is 0 Å². The lowest BCUT2D eigenvalue weighted by atomic mass is 9.52. The Labute approximate surface area is 132 Å². The van der Waals surface area contributed by atoms with Crippen LogP contribution in [0.4, 0.5) is 0 Å². The van der Waals surface area contributed by atoms with E-state index in [9.17, 15) is 0 Å². The smallest absolute Gasteiger partial charge is 0.0163 e. The van der Waals surface area contributed by atoms with Crippen molar-refractivity contribution < 1.29 is 0 Å². The van der Waals surface area contributed by atoms with E-state index in [2.05, 4.69) is 39.8 Å². The van der Waals surface area contributed by atoms with Gasteiger partial charge in [-0.25, -0.2) is 0 Å². The molecule has 0 spiro atoms. The summed E-state index contributed by atoms with van der Waals surface area (Å²) >= 11 is 0. The van der Waals surface area contributed by atoms with Crippen molar-refractivity contribution in [1.82, 2.24) is 0 Å². The summed E-state index contributed by atoms with van der Waals surface area (Å²) in [5.74, 6) is 3.55. The number of allylic oxidation sites excluding steroid dienone is 4. The van der Waals surface area contributed by atoms with E-state index in [1.165, 1.54) is 51.4 Å². The third kappa shape index (κ3) is 2.53. The molecule has 0 N–H and O–H groups in total. The Kier molecular flexibility index (Phi) is 4.35. The lowest BCUT2D eigenvalue weighted by Crippen LogP contribution is -2.44. The quantitative estimate of drug-likeness (QED) is 0.541. The van der Waals surface area contributed by atoms with Crippen molar-refractivity contribution in [2.45, 2.75) is 79.1 Å². The topological polar surface area (TPSA) is 0 Å². The fourth-order valence-electron chi connectivity index (χ4n) is 5.82. The lowest BCUT2D eigenvalue weighted by Gasteiger charge is -2.52. The maximum Gasteiger partial charge on any atom is -0.0163 e. The third-order valence-corrected chi connectivity index (χ3v) is 7.36. The summed E-state index contributed by atoms with van der Waals surface area (Å²) in [7, 11) is 0. The van der Waals surface area contributed by atoms with Gasteiger partial charge in [0.15, 0.2) is 0 Å². The first-order valence-electron chi connectivity index (χ1n) is 9.46. The van der Waals surface area contributed by atoms with Gasteiger partial charge < -0.3 is 0 Å². The summed E-state index contributed by atoms with van der Waals surface area (Å²) in [5.41, 5.74) is 4.17. The highest BCUT2D eigenvalue weighted by molar-refractivity contribution is 5.32. The zero-order chi connectivity index (χ0) is 15.0. The molecule has 0 amide bonds. The van der Waals surface area contributed by atoms with Gasteiger partial charge in [0.05, 0.1) is 0 Å². The molecule has 4 atom stereocenters. The van der Waals surface area contributed by atoms with Gasteiger partial charge in [0.1, 0.15) is 0 Å². The van der Waals surface area contributed by atoms with E-state index in [1.807, 2.05) is 5.57 Å². The molecule has 0 heteroatoms. The Bertz CT molecular complexity index is 439. The first-order chi connectivity index (χ1) is 10.1. The SMILES string of the molecule is CCC1C2CC=CC3=C(CCCC3)C2CCC1(C)C(C)C. The minimum absolute atomic E-state index is 0.559. The standard InChI is InChI=1S/C21H34/c1-5-20-19-12-8-10-16-9-6-7-11-17(16)18(19)13-14-21(20,4)15(2)3/h8,10,15,18-20H,5-7,9,11-14H2,1-4H3. The fourth-order valence-corrected chi connectivity index (χ4v) is 5.82. The minimum Gasteiger partial charge on any atom is -0.0840 e. The van der Waals surface area contributed by atoms with Crippen LogP contribution in [0.1, 0.15) is 79.1 Å². The van der Waals surface area contributed by atoms with Gasteiger partial charge in [-0.15, -0.1) is 0 Å². The normalized spacial score (nSPS) is 40.0. The van der Waals surface area contributed by atoms with Crippen LogP contribution in [-0.4, -0.2) is 0 Å². The van der Waals surface area contributed by atoms with Crippen molar-refractivity contribution in [3.63, 3.8) is 0 Å². The van der Waals surface area contributed by atoms with E-state index in [0.29, 0.717) is 5.41 Å². The van der Waals surface area contributed by atoms with E-state index in [1.54, 1.807) is 5.57 Å². The van der Waals surface area contributed by atoms with E-state index >= 15 is 0 Å². The third-order valence-electron chi connectivity index (χ3n) is 7.36. The molecule has 0 aliphatic heterocycles. The van der Waals surface area contributed by atoms with E-state index in [-0.39, 0.29) is 0 Å². The number of rotatable bonds is 2. The van der Waals surface area contributed by atoms with Crippen LogP contribution in [0.2, 0.25) is 0 Å². The van der Waals surface area contributed by atoms with Crippen LogP contribution in [0, 0.1) is 29.1 Å². The Morgan fingerprint density at radius 1 is 1.24 bits per heavy atom. The van der Waals surface area contributed by atoms with Crippen LogP contribution in [0.25, 0.3) is 0 Å². The molecule has 1 fully saturated rings. The van der Waals surface area contributed by atoms with Crippen LogP contribution in [0.15, 0.2) is 23.3 Å². The second kappa shape index (κ2) is 5.94. The number of fused-ring (bicyclic) bond motifs is 2. The van der Waals surface area contributed by atoms with E-state index in [4.69, 9.17) is 0 Å². The van der Waals surface area contributed by atoms with Gasteiger partial charge in [-0.3, -0.25) is 0 Å². The molecule has 0 saturated heterocycles. The Balaban J connectivity index is 1.95. The molecule has 118 valence electrons. The summed E-state index contributed by atoms with van der Waals surface area (Å²) in [6, 6.07) is 0. The second-order valence-electron chi connectivity index (χ2n) is 8.38. The average molecular weight is 287 g/mol. The molecular weight excluding hydrogens is 252 g/mol. The van der Waals surface area contributed by atoms with Crippen molar-refractivity contribution in [3.8, 4) is 0 Å². The van der Waals surface area contributed by atoms with Gasteiger partial charge in [0.25, 0.3) is 0 Å². The van der Waals surface area contributed by atoms with Crippen LogP contribution in [-0.2, 0) is 0 Å². The molecule has 1 saturated carbocycles. The highest BCUT2D eigenvalue weighted by Crippen LogP contribution is 2.57. The summed E-state index contributed by atoms with van der Waals surface area (Å²) in [4.78, 5) is 0. The van der Waals surface area contributed by atoms with Gasteiger partial charge in [-0.05, 0) is 79.6 Å². The van der Waals surface area contributed by atoms with Gasteiger partial charge in [-0.2, -0.15) is 0 Å². The number of hydrogen-bond acceptors (Lipinski definition) is 0. The lowest BCUT2D eigenvalue weighted by molar-refractivity contribution is -0.0115. The largest absolute Gasteiger partial charge is 0.0840 e. The van der Waals surface area contributed by atoms with Crippen molar-refractivity contribution in [2.24, 2.45) is 29.1 Å². The molecule has 0 aromatic rings.